The highest BCUT2D eigenvalue weighted by atomic mass is 16.5. The van der Waals surface area contributed by atoms with Crippen LogP contribution in [0, 0.1) is 5.92 Å². The normalized spacial score (nSPS) is 14.8. The molecule has 1 aromatic carbocycles. The van der Waals surface area contributed by atoms with Gasteiger partial charge in [-0.1, -0.05) is 24.3 Å². The lowest BCUT2D eigenvalue weighted by Gasteiger charge is -2.23. The van der Waals surface area contributed by atoms with Crippen LogP contribution in [-0.2, 0) is 41.5 Å². The van der Waals surface area contributed by atoms with Gasteiger partial charge in [-0.3, -0.25) is 19.2 Å². The van der Waals surface area contributed by atoms with E-state index in [1.807, 2.05) is 12.1 Å². The molecule has 0 bridgehead atoms. The second-order valence-electron chi connectivity index (χ2n) is 6.03. The molecule has 1 aliphatic carbocycles. The van der Waals surface area contributed by atoms with E-state index >= 15 is 0 Å². The molecule has 0 saturated carbocycles. The third-order valence-corrected chi connectivity index (χ3v) is 4.03. The van der Waals surface area contributed by atoms with Gasteiger partial charge in [0.25, 0.3) is 0 Å². The standard InChI is InChI=1S/C15H18O3.C5H8O4/c1-2-18-15(17)10-14(16)13-8-7-11-5-3-4-6-12(11)9-13;1-2-9-5(8)3-4(6)7/h3-6,13H,2,7-10H2,1H3;2-3H2,1H3,(H,6,7). The second-order valence-corrected chi connectivity index (χ2v) is 6.03. The zero-order chi connectivity index (χ0) is 20.2. The topological polar surface area (TPSA) is 107 Å². The fourth-order valence-corrected chi connectivity index (χ4v) is 2.81. The highest BCUT2D eigenvalue weighted by Gasteiger charge is 2.26. The summed E-state index contributed by atoms with van der Waals surface area (Å²) in [6, 6.07) is 8.21. The number of ether oxygens (including phenoxy) is 2. The van der Waals surface area contributed by atoms with Gasteiger partial charge in [0.2, 0.25) is 0 Å². The highest BCUT2D eigenvalue weighted by molar-refractivity contribution is 5.97. The van der Waals surface area contributed by atoms with Crippen LogP contribution >= 0.6 is 0 Å². The Hall–Kier alpha value is -2.70. The second kappa shape index (κ2) is 11.8. The number of aliphatic carboxylic acids is 1. The fraction of sp³-hybridized carbons (Fsp3) is 0.500. The van der Waals surface area contributed by atoms with Crippen molar-refractivity contribution in [3.63, 3.8) is 0 Å². The fourth-order valence-electron chi connectivity index (χ4n) is 2.81. The van der Waals surface area contributed by atoms with E-state index in [-0.39, 0.29) is 24.7 Å². The van der Waals surface area contributed by atoms with Gasteiger partial charge in [0.15, 0.2) is 0 Å². The van der Waals surface area contributed by atoms with E-state index in [1.165, 1.54) is 11.1 Å². The number of esters is 2. The molecule has 1 N–H and O–H groups in total. The Morgan fingerprint density at radius 2 is 1.52 bits per heavy atom. The first kappa shape index (κ1) is 22.3. The number of carboxylic acids is 1. The molecule has 0 fully saturated rings. The first-order valence-electron chi connectivity index (χ1n) is 8.99. The minimum atomic E-state index is -1.16. The van der Waals surface area contributed by atoms with Crippen molar-refractivity contribution in [3.8, 4) is 0 Å². The van der Waals surface area contributed by atoms with Gasteiger partial charge in [-0.2, -0.15) is 0 Å². The smallest absolute Gasteiger partial charge is 0.317 e. The number of ketones is 1. The first-order chi connectivity index (χ1) is 12.9. The van der Waals surface area contributed by atoms with Crippen molar-refractivity contribution in [2.24, 2.45) is 5.92 Å². The van der Waals surface area contributed by atoms with Crippen LogP contribution in [0.3, 0.4) is 0 Å². The number of carbonyl (C=O) groups is 4. The Kier molecular flexibility index (Phi) is 9.79. The number of hydrogen-bond donors (Lipinski definition) is 1. The summed E-state index contributed by atoms with van der Waals surface area (Å²) in [7, 11) is 0. The third-order valence-electron chi connectivity index (χ3n) is 4.03. The Morgan fingerprint density at radius 3 is 2.07 bits per heavy atom. The molecule has 0 amide bonds. The van der Waals surface area contributed by atoms with Crippen LogP contribution < -0.4 is 0 Å². The van der Waals surface area contributed by atoms with E-state index in [0.29, 0.717) is 6.61 Å². The predicted octanol–water partition coefficient (Wildman–Crippen LogP) is 2.34. The van der Waals surface area contributed by atoms with Crippen LogP contribution in [0.2, 0.25) is 0 Å². The van der Waals surface area contributed by atoms with Crippen LogP contribution in [0.15, 0.2) is 24.3 Å². The van der Waals surface area contributed by atoms with E-state index in [1.54, 1.807) is 13.8 Å². The zero-order valence-corrected chi connectivity index (χ0v) is 15.7. The number of hydrogen-bond acceptors (Lipinski definition) is 6. The van der Waals surface area contributed by atoms with Crippen molar-refractivity contribution >= 4 is 23.7 Å². The average Bonchev–Trinajstić information content (AvgIpc) is 2.61. The molecule has 0 radical (unpaired) electrons. The third kappa shape index (κ3) is 8.48. The molecule has 1 unspecified atom stereocenters. The highest BCUT2D eigenvalue weighted by Crippen LogP contribution is 2.26. The summed E-state index contributed by atoms with van der Waals surface area (Å²) in [5, 5.41) is 8.01. The maximum Gasteiger partial charge on any atom is 0.317 e. The Morgan fingerprint density at radius 1 is 0.963 bits per heavy atom. The van der Waals surface area contributed by atoms with Gasteiger partial charge >= 0.3 is 17.9 Å². The van der Waals surface area contributed by atoms with E-state index in [2.05, 4.69) is 16.9 Å². The average molecular weight is 378 g/mol. The van der Waals surface area contributed by atoms with E-state index in [9.17, 15) is 19.2 Å². The van der Waals surface area contributed by atoms with Crippen molar-refractivity contribution in [1.82, 2.24) is 0 Å². The maximum absolute atomic E-state index is 12.0. The van der Waals surface area contributed by atoms with Crippen LogP contribution in [0.5, 0.6) is 0 Å². The molecule has 27 heavy (non-hydrogen) atoms. The van der Waals surface area contributed by atoms with E-state index in [0.717, 1.165) is 19.3 Å². The van der Waals surface area contributed by atoms with Crippen molar-refractivity contribution < 1.29 is 33.8 Å². The number of rotatable bonds is 7. The Labute approximate surface area is 158 Å². The largest absolute Gasteiger partial charge is 0.481 e. The number of benzene rings is 1. The van der Waals surface area contributed by atoms with Crippen LogP contribution in [0.1, 0.15) is 44.2 Å². The maximum atomic E-state index is 12.0. The SMILES string of the molecule is CCOC(=O)CC(=O)C1CCc2ccccc2C1.CCOC(=O)CC(=O)O. The lowest BCUT2D eigenvalue weighted by Crippen LogP contribution is -2.25. The summed E-state index contributed by atoms with van der Waals surface area (Å²) in [6.45, 7) is 3.94. The molecule has 7 nitrogen and oxygen atoms in total. The van der Waals surface area contributed by atoms with Crippen molar-refractivity contribution in [2.45, 2.75) is 46.0 Å². The Bertz CT molecular complexity index is 666. The minimum absolute atomic E-state index is 0.0166. The molecular weight excluding hydrogens is 352 g/mol. The monoisotopic (exact) mass is 378 g/mol. The van der Waals surface area contributed by atoms with Gasteiger partial charge in [0.05, 0.1) is 13.2 Å². The lowest BCUT2D eigenvalue weighted by molar-refractivity contribution is -0.151. The number of carboxylic acid groups (broad SMARTS) is 1. The van der Waals surface area contributed by atoms with E-state index < -0.39 is 24.3 Å². The number of aryl methyl sites for hydroxylation is 1. The molecule has 0 heterocycles. The zero-order valence-electron chi connectivity index (χ0n) is 15.7. The van der Waals surface area contributed by atoms with Crippen LogP contribution in [-0.4, -0.2) is 42.0 Å². The molecule has 1 aromatic rings. The summed E-state index contributed by atoms with van der Waals surface area (Å²) in [5.41, 5.74) is 2.57. The number of carbonyl (C=O) groups excluding carboxylic acids is 3. The lowest BCUT2D eigenvalue weighted by atomic mass is 9.81. The first-order valence-corrected chi connectivity index (χ1v) is 8.99. The Balaban J connectivity index is 0.000000345. The molecule has 0 aromatic heterocycles. The van der Waals surface area contributed by atoms with Gasteiger partial charge in [-0.05, 0) is 44.2 Å². The van der Waals surface area contributed by atoms with E-state index in [4.69, 9.17) is 9.84 Å². The predicted molar refractivity (Wildman–Crippen MR) is 97.1 cm³/mol. The summed E-state index contributed by atoms with van der Waals surface area (Å²) in [4.78, 5) is 43.3. The van der Waals surface area contributed by atoms with Gasteiger partial charge in [-0.25, -0.2) is 0 Å². The van der Waals surface area contributed by atoms with Gasteiger partial charge in [0.1, 0.15) is 18.6 Å². The summed E-state index contributed by atoms with van der Waals surface area (Å²) < 4.78 is 9.15. The van der Waals surface area contributed by atoms with Crippen molar-refractivity contribution in [1.29, 1.82) is 0 Å². The van der Waals surface area contributed by atoms with Crippen LogP contribution in [0.25, 0.3) is 0 Å². The molecule has 0 spiro atoms. The van der Waals surface area contributed by atoms with Gasteiger partial charge in [0, 0.05) is 5.92 Å². The summed E-state index contributed by atoms with van der Waals surface area (Å²) >= 11 is 0. The molecule has 7 heteroatoms. The molecule has 1 atom stereocenters. The number of fused-ring (bicyclic) bond motifs is 1. The van der Waals surface area contributed by atoms with Gasteiger partial charge in [-0.15, -0.1) is 0 Å². The summed E-state index contributed by atoms with van der Waals surface area (Å²) in [5.74, 6) is -2.26. The quantitative estimate of drug-likeness (QED) is 0.573. The minimum Gasteiger partial charge on any atom is -0.481 e. The van der Waals surface area contributed by atoms with Crippen molar-refractivity contribution in [3.05, 3.63) is 35.4 Å². The molecule has 0 aliphatic heterocycles. The van der Waals surface area contributed by atoms with Crippen LogP contribution in [0.4, 0.5) is 0 Å². The molecule has 148 valence electrons. The molecule has 2 rings (SSSR count). The molecule has 0 saturated heterocycles. The van der Waals surface area contributed by atoms with Gasteiger partial charge < -0.3 is 14.6 Å². The molecule has 1 aliphatic rings. The van der Waals surface area contributed by atoms with Crippen molar-refractivity contribution in [2.75, 3.05) is 13.2 Å². The number of Topliss-reactive ketones (excluding diaryl/α,β-unsaturated/α-hetero) is 1. The molecular formula is C20H26O7. The summed E-state index contributed by atoms with van der Waals surface area (Å²) in [6.07, 6.45) is 1.90.